The van der Waals surface area contributed by atoms with Crippen molar-refractivity contribution in [1.29, 1.82) is 0 Å². The molecule has 0 radical (unpaired) electrons. The van der Waals surface area contributed by atoms with E-state index in [1.165, 1.54) is 0 Å². The molecule has 0 aromatic heterocycles. The van der Waals surface area contributed by atoms with Crippen molar-refractivity contribution in [3.05, 3.63) is 28.2 Å². The second-order valence-electron chi connectivity index (χ2n) is 4.53. The van der Waals surface area contributed by atoms with Crippen LogP contribution in [0.15, 0.2) is 22.7 Å². The van der Waals surface area contributed by atoms with Crippen LogP contribution in [0.2, 0.25) is 0 Å². The summed E-state index contributed by atoms with van der Waals surface area (Å²) in [7, 11) is 1.59. The normalized spacial score (nSPS) is 14.8. The van der Waals surface area contributed by atoms with Gasteiger partial charge in [-0.3, -0.25) is 0 Å². The molecule has 1 atom stereocenters. The van der Waals surface area contributed by atoms with E-state index in [0.717, 1.165) is 10.0 Å². The highest BCUT2D eigenvalue weighted by Gasteiger charge is 2.33. The maximum atomic E-state index is 14.6. The molecule has 1 aromatic carbocycles. The Morgan fingerprint density at radius 3 is 2.59 bits per heavy atom. The lowest BCUT2D eigenvalue weighted by Gasteiger charge is -2.28. The summed E-state index contributed by atoms with van der Waals surface area (Å²) in [5.41, 5.74) is 5.00. The first-order valence-corrected chi connectivity index (χ1v) is 6.43. The quantitative estimate of drug-likeness (QED) is 0.905. The molecule has 0 aliphatic carbocycles. The number of nitrogens with two attached hydrogens (primary N) is 1. The molecule has 4 heteroatoms. The van der Waals surface area contributed by atoms with Gasteiger partial charge in [0.15, 0.2) is 0 Å². The minimum Gasteiger partial charge on any atom is -0.496 e. The van der Waals surface area contributed by atoms with Crippen LogP contribution in [-0.4, -0.2) is 19.3 Å². The Bertz CT molecular complexity index is 384. The minimum atomic E-state index is -1.39. The average Bonchev–Trinajstić information content (AvgIpc) is 2.29. The molecule has 96 valence electrons. The second kappa shape index (κ2) is 5.83. The highest BCUT2D eigenvalue weighted by atomic mass is 79.9. The van der Waals surface area contributed by atoms with Crippen molar-refractivity contribution in [2.45, 2.75) is 25.9 Å². The zero-order valence-corrected chi connectivity index (χ0v) is 12.1. The molecule has 0 aliphatic rings. The largest absolute Gasteiger partial charge is 0.496 e. The summed E-state index contributed by atoms with van der Waals surface area (Å²) >= 11 is 3.38. The van der Waals surface area contributed by atoms with Crippen LogP contribution in [-0.2, 0) is 6.42 Å². The van der Waals surface area contributed by atoms with Crippen LogP contribution in [0.4, 0.5) is 4.39 Å². The van der Waals surface area contributed by atoms with Crippen LogP contribution in [0.3, 0.4) is 0 Å². The first-order valence-electron chi connectivity index (χ1n) is 5.64. The molecule has 1 aromatic rings. The Labute approximate surface area is 110 Å². The minimum absolute atomic E-state index is 0.0142. The van der Waals surface area contributed by atoms with Crippen molar-refractivity contribution in [1.82, 2.24) is 0 Å². The van der Waals surface area contributed by atoms with Gasteiger partial charge in [-0.15, -0.1) is 0 Å². The number of halogens is 2. The van der Waals surface area contributed by atoms with E-state index >= 15 is 0 Å². The molecule has 1 unspecified atom stereocenters. The molecule has 17 heavy (non-hydrogen) atoms. The maximum absolute atomic E-state index is 14.6. The Hall–Kier alpha value is -0.610. The van der Waals surface area contributed by atoms with Crippen LogP contribution in [0.1, 0.15) is 19.4 Å². The smallest absolute Gasteiger partial charge is 0.129 e. The summed E-state index contributed by atoms with van der Waals surface area (Å²) in [6.45, 7) is 3.70. The van der Waals surface area contributed by atoms with Crippen LogP contribution in [0.5, 0.6) is 5.75 Å². The summed E-state index contributed by atoms with van der Waals surface area (Å²) in [6, 6.07) is 5.59. The number of hydrogen-bond donors (Lipinski definition) is 1. The van der Waals surface area contributed by atoms with E-state index in [0.29, 0.717) is 5.75 Å². The van der Waals surface area contributed by atoms with Gasteiger partial charge in [0.2, 0.25) is 0 Å². The molecule has 0 heterocycles. The Kier molecular flexibility index (Phi) is 4.95. The summed E-state index contributed by atoms with van der Waals surface area (Å²) in [6.07, 6.45) is 0.268. The third kappa shape index (κ3) is 3.42. The zero-order valence-electron chi connectivity index (χ0n) is 10.5. The van der Waals surface area contributed by atoms with Crippen molar-refractivity contribution in [3.63, 3.8) is 0 Å². The average molecular weight is 304 g/mol. The third-order valence-electron chi connectivity index (χ3n) is 3.10. The highest BCUT2D eigenvalue weighted by molar-refractivity contribution is 9.10. The first kappa shape index (κ1) is 14.5. The molecule has 0 saturated carbocycles. The van der Waals surface area contributed by atoms with Crippen molar-refractivity contribution in [2.24, 2.45) is 11.7 Å². The van der Waals surface area contributed by atoms with E-state index in [1.807, 2.05) is 32.0 Å². The van der Waals surface area contributed by atoms with Crippen molar-refractivity contribution >= 4 is 15.9 Å². The standard InChI is InChI=1S/C13H19BrFNO/c1-9(2)13(15,8-16)7-10-6-11(14)4-5-12(10)17-3/h4-6,9H,7-8,16H2,1-3H3. The monoisotopic (exact) mass is 303 g/mol. The fraction of sp³-hybridized carbons (Fsp3) is 0.538. The lowest BCUT2D eigenvalue weighted by molar-refractivity contribution is 0.109. The van der Waals surface area contributed by atoms with Gasteiger partial charge in [-0.1, -0.05) is 29.8 Å². The fourth-order valence-corrected chi connectivity index (χ4v) is 2.12. The van der Waals surface area contributed by atoms with Crippen molar-refractivity contribution in [3.8, 4) is 5.75 Å². The van der Waals surface area contributed by atoms with Crippen LogP contribution in [0, 0.1) is 5.92 Å². The van der Waals surface area contributed by atoms with Crippen molar-refractivity contribution in [2.75, 3.05) is 13.7 Å². The van der Waals surface area contributed by atoms with Gasteiger partial charge in [-0.25, -0.2) is 4.39 Å². The summed E-state index contributed by atoms with van der Waals surface area (Å²) in [5.74, 6) is 0.570. The van der Waals surface area contributed by atoms with Gasteiger partial charge in [0.1, 0.15) is 11.4 Å². The molecule has 0 fully saturated rings. The van der Waals surface area contributed by atoms with Gasteiger partial charge >= 0.3 is 0 Å². The zero-order chi connectivity index (χ0) is 13.1. The summed E-state index contributed by atoms with van der Waals surface area (Å²) < 4.78 is 20.7. The van der Waals surface area contributed by atoms with E-state index in [2.05, 4.69) is 15.9 Å². The topological polar surface area (TPSA) is 35.2 Å². The fourth-order valence-electron chi connectivity index (χ4n) is 1.71. The summed E-state index contributed by atoms with van der Waals surface area (Å²) in [5, 5.41) is 0. The third-order valence-corrected chi connectivity index (χ3v) is 3.59. The number of rotatable bonds is 5. The molecular weight excluding hydrogens is 285 g/mol. The molecule has 1 rings (SSSR count). The van der Waals surface area contributed by atoms with Gasteiger partial charge in [0.25, 0.3) is 0 Å². The molecule has 0 saturated heterocycles. The number of methoxy groups -OCH3 is 1. The van der Waals surface area contributed by atoms with E-state index < -0.39 is 5.67 Å². The highest BCUT2D eigenvalue weighted by Crippen LogP contribution is 2.31. The Morgan fingerprint density at radius 1 is 1.47 bits per heavy atom. The molecule has 0 amide bonds. The Morgan fingerprint density at radius 2 is 2.12 bits per heavy atom. The van der Waals surface area contributed by atoms with Gasteiger partial charge in [-0.2, -0.15) is 0 Å². The van der Waals surface area contributed by atoms with Gasteiger partial charge in [0, 0.05) is 17.4 Å². The predicted molar refractivity (Wildman–Crippen MR) is 72.1 cm³/mol. The van der Waals surface area contributed by atoms with Gasteiger partial charge < -0.3 is 10.5 Å². The van der Waals surface area contributed by atoms with Gasteiger partial charge in [-0.05, 0) is 29.7 Å². The molecular formula is C13H19BrFNO. The van der Waals surface area contributed by atoms with Crippen LogP contribution >= 0.6 is 15.9 Å². The maximum Gasteiger partial charge on any atom is 0.129 e. The number of ether oxygens (including phenoxy) is 1. The van der Waals surface area contributed by atoms with E-state index in [9.17, 15) is 4.39 Å². The molecule has 2 N–H and O–H groups in total. The summed E-state index contributed by atoms with van der Waals surface area (Å²) in [4.78, 5) is 0. The lowest BCUT2D eigenvalue weighted by Crippen LogP contribution is -2.40. The number of hydrogen-bond acceptors (Lipinski definition) is 2. The number of benzene rings is 1. The van der Waals surface area contributed by atoms with Crippen LogP contribution in [0.25, 0.3) is 0 Å². The predicted octanol–water partition coefficient (Wildman–Crippen LogP) is 3.32. The van der Waals surface area contributed by atoms with Gasteiger partial charge in [0.05, 0.1) is 7.11 Å². The molecule has 0 bridgehead atoms. The first-order chi connectivity index (χ1) is 7.92. The molecule has 0 aliphatic heterocycles. The van der Waals surface area contributed by atoms with E-state index in [-0.39, 0.29) is 18.9 Å². The Balaban J connectivity index is 3.04. The van der Waals surface area contributed by atoms with Crippen molar-refractivity contribution < 1.29 is 9.13 Å². The lowest BCUT2D eigenvalue weighted by atomic mass is 9.86. The van der Waals surface area contributed by atoms with E-state index in [1.54, 1.807) is 7.11 Å². The van der Waals surface area contributed by atoms with E-state index in [4.69, 9.17) is 10.5 Å². The van der Waals surface area contributed by atoms with Crippen LogP contribution < -0.4 is 10.5 Å². The molecule has 2 nitrogen and oxygen atoms in total. The molecule has 0 spiro atoms. The number of alkyl halides is 1. The SMILES string of the molecule is COc1ccc(Br)cc1CC(F)(CN)C(C)C. The second-order valence-corrected chi connectivity index (χ2v) is 5.44.